The monoisotopic (exact) mass is 400 g/mol. The first-order chi connectivity index (χ1) is 13.1. The van der Waals surface area contributed by atoms with E-state index in [1.54, 1.807) is 36.0 Å². The minimum Gasteiger partial charge on any atom is -0.343 e. The summed E-state index contributed by atoms with van der Waals surface area (Å²) in [5, 5.41) is 5.89. The molecule has 0 saturated carbocycles. The molecule has 0 radical (unpaired) electrons. The highest BCUT2D eigenvalue weighted by molar-refractivity contribution is 7.98. The van der Waals surface area contributed by atoms with Gasteiger partial charge in [0.25, 0.3) is 5.91 Å². The van der Waals surface area contributed by atoms with Gasteiger partial charge in [-0.1, -0.05) is 53.8 Å². The van der Waals surface area contributed by atoms with Crippen molar-refractivity contribution in [3.8, 4) is 11.8 Å². The maximum atomic E-state index is 12.5. The van der Waals surface area contributed by atoms with Crippen LogP contribution in [0.25, 0.3) is 0 Å². The standard InChI is InChI=1S/C21H21ClN2O2S/c1-27-15-13-19(24-20(25)17-11-5-6-12-18(17)22)21(26)23-14-7-10-16-8-3-2-4-9-16/h2-6,8-9,11-12,19H,13-15H2,1H3,(H,23,26)(H,24,25). The Bertz CT molecular complexity index is 831. The molecule has 1 atom stereocenters. The van der Waals surface area contributed by atoms with Crippen molar-refractivity contribution in [1.29, 1.82) is 0 Å². The lowest BCUT2D eigenvalue weighted by atomic mass is 10.1. The van der Waals surface area contributed by atoms with Gasteiger partial charge < -0.3 is 10.6 Å². The Kier molecular flexibility index (Phi) is 8.76. The molecule has 0 saturated heterocycles. The summed E-state index contributed by atoms with van der Waals surface area (Å²) < 4.78 is 0. The first-order valence-corrected chi connectivity index (χ1v) is 10.2. The van der Waals surface area contributed by atoms with E-state index in [0.29, 0.717) is 17.0 Å². The minimum absolute atomic E-state index is 0.214. The van der Waals surface area contributed by atoms with Crippen molar-refractivity contribution in [3.63, 3.8) is 0 Å². The number of thioether (sulfide) groups is 1. The number of rotatable bonds is 7. The summed E-state index contributed by atoms with van der Waals surface area (Å²) >= 11 is 7.68. The van der Waals surface area contributed by atoms with Crippen LogP contribution in [-0.2, 0) is 4.79 Å². The smallest absolute Gasteiger partial charge is 0.253 e. The second-order valence-corrected chi connectivity index (χ2v) is 7.07. The maximum absolute atomic E-state index is 12.5. The van der Waals surface area contributed by atoms with Crippen molar-refractivity contribution in [1.82, 2.24) is 10.6 Å². The molecule has 140 valence electrons. The lowest BCUT2D eigenvalue weighted by Crippen LogP contribution is -2.47. The van der Waals surface area contributed by atoms with Crippen LogP contribution >= 0.6 is 23.4 Å². The van der Waals surface area contributed by atoms with Gasteiger partial charge in [0.1, 0.15) is 6.04 Å². The van der Waals surface area contributed by atoms with Crippen molar-refractivity contribution >= 4 is 35.2 Å². The molecule has 2 aromatic rings. The Morgan fingerprint density at radius 2 is 1.81 bits per heavy atom. The zero-order valence-corrected chi connectivity index (χ0v) is 16.6. The normalized spacial score (nSPS) is 11.0. The summed E-state index contributed by atoms with van der Waals surface area (Å²) in [7, 11) is 0. The molecule has 0 fully saturated rings. The highest BCUT2D eigenvalue weighted by atomic mass is 35.5. The summed E-state index contributed by atoms with van der Waals surface area (Å²) in [5.74, 6) is 6.02. The van der Waals surface area contributed by atoms with E-state index in [0.717, 1.165) is 11.3 Å². The molecule has 0 heterocycles. The summed E-state index contributed by atoms with van der Waals surface area (Å²) in [6.45, 7) is 0.214. The predicted molar refractivity (Wildman–Crippen MR) is 112 cm³/mol. The highest BCUT2D eigenvalue weighted by Crippen LogP contribution is 2.15. The van der Waals surface area contributed by atoms with E-state index in [4.69, 9.17) is 11.6 Å². The van der Waals surface area contributed by atoms with Gasteiger partial charge in [-0.25, -0.2) is 0 Å². The van der Waals surface area contributed by atoms with E-state index < -0.39 is 6.04 Å². The number of nitrogens with one attached hydrogen (secondary N) is 2. The number of halogens is 1. The summed E-state index contributed by atoms with van der Waals surface area (Å²) in [5.41, 5.74) is 1.24. The van der Waals surface area contributed by atoms with Crippen LogP contribution in [0.5, 0.6) is 0 Å². The minimum atomic E-state index is -0.639. The van der Waals surface area contributed by atoms with E-state index in [2.05, 4.69) is 22.5 Å². The summed E-state index contributed by atoms with van der Waals surface area (Å²) in [6.07, 6.45) is 2.48. The van der Waals surface area contributed by atoms with Crippen LogP contribution in [0.15, 0.2) is 54.6 Å². The average molecular weight is 401 g/mol. The van der Waals surface area contributed by atoms with Crippen molar-refractivity contribution in [2.75, 3.05) is 18.6 Å². The third kappa shape index (κ3) is 7.01. The van der Waals surface area contributed by atoms with Gasteiger partial charge in [0, 0.05) is 5.56 Å². The predicted octanol–water partition coefficient (Wildman–Crippen LogP) is 3.36. The molecule has 1 unspecified atom stereocenters. The lowest BCUT2D eigenvalue weighted by Gasteiger charge is -2.18. The largest absolute Gasteiger partial charge is 0.343 e. The summed E-state index contributed by atoms with van der Waals surface area (Å²) in [4.78, 5) is 24.9. The average Bonchev–Trinajstić information content (AvgIpc) is 2.69. The fourth-order valence-electron chi connectivity index (χ4n) is 2.31. The first kappa shape index (κ1) is 20.9. The SMILES string of the molecule is CSCCC(NC(=O)c1ccccc1Cl)C(=O)NCC#Cc1ccccc1. The van der Waals surface area contributed by atoms with Gasteiger partial charge in [-0.15, -0.1) is 0 Å². The second kappa shape index (κ2) is 11.3. The number of amides is 2. The topological polar surface area (TPSA) is 58.2 Å². The lowest BCUT2D eigenvalue weighted by molar-refractivity contribution is -0.122. The Balaban J connectivity index is 1.96. The van der Waals surface area contributed by atoms with Gasteiger partial charge in [0.05, 0.1) is 17.1 Å². The Hall–Kier alpha value is -2.42. The number of benzene rings is 2. The van der Waals surface area contributed by atoms with Gasteiger partial charge in [-0.3, -0.25) is 9.59 Å². The molecule has 2 rings (SSSR count). The molecule has 0 aliphatic carbocycles. The zero-order valence-electron chi connectivity index (χ0n) is 15.0. The molecule has 0 spiro atoms. The molecule has 4 nitrogen and oxygen atoms in total. The molecule has 2 N–H and O–H groups in total. The fraction of sp³-hybridized carbons (Fsp3) is 0.238. The molecule has 2 aromatic carbocycles. The van der Waals surface area contributed by atoms with Gasteiger partial charge in [0.2, 0.25) is 5.91 Å². The van der Waals surface area contributed by atoms with Crippen LogP contribution < -0.4 is 10.6 Å². The number of carbonyl (C=O) groups excluding carboxylic acids is 2. The summed E-state index contributed by atoms with van der Waals surface area (Å²) in [6, 6.07) is 15.7. The van der Waals surface area contributed by atoms with E-state index >= 15 is 0 Å². The third-order valence-electron chi connectivity index (χ3n) is 3.71. The van der Waals surface area contributed by atoms with Crippen LogP contribution in [0.4, 0.5) is 0 Å². The Labute approximate surface area is 169 Å². The van der Waals surface area contributed by atoms with Crippen LogP contribution in [-0.4, -0.2) is 36.4 Å². The van der Waals surface area contributed by atoms with Gasteiger partial charge in [-0.05, 0) is 42.7 Å². The van der Waals surface area contributed by atoms with Gasteiger partial charge in [-0.2, -0.15) is 11.8 Å². The van der Waals surface area contributed by atoms with Crippen LogP contribution in [0.3, 0.4) is 0 Å². The van der Waals surface area contributed by atoms with E-state index in [9.17, 15) is 9.59 Å². The van der Waals surface area contributed by atoms with E-state index in [-0.39, 0.29) is 18.4 Å². The van der Waals surface area contributed by atoms with Crippen molar-refractivity contribution in [2.24, 2.45) is 0 Å². The molecule has 6 heteroatoms. The molecule has 2 amide bonds. The Morgan fingerprint density at radius 1 is 1.11 bits per heavy atom. The van der Waals surface area contributed by atoms with Crippen molar-refractivity contribution in [3.05, 3.63) is 70.7 Å². The molecular formula is C21H21ClN2O2S. The maximum Gasteiger partial charge on any atom is 0.253 e. The highest BCUT2D eigenvalue weighted by Gasteiger charge is 2.21. The number of carbonyl (C=O) groups is 2. The molecule has 0 bridgehead atoms. The Morgan fingerprint density at radius 3 is 2.52 bits per heavy atom. The first-order valence-electron chi connectivity index (χ1n) is 8.47. The van der Waals surface area contributed by atoms with Crippen LogP contribution in [0.2, 0.25) is 5.02 Å². The van der Waals surface area contributed by atoms with E-state index in [1.165, 1.54) is 0 Å². The number of hydrogen-bond acceptors (Lipinski definition) is 3. The van der Waals surface area contributed by atoms with Crippen LogP contribution in [0, 0.1) is 11.8 Å². The fourth-order valence-corrected chi connectivity index (χ4v) is 3.00. The van der Waals surface area contributed by atoms with Gasteiger partial charge in [0.15, 0.2) is 0 Å². The third-order valence-corrected chi connectivity index (χ3v) is 4.68. The van der Waals surface area contributed by atoms with E-state index in [1.807, 2.05) is 36.6 Å². The second-order valence-electron chi connectivity index (χ2n) is 5.67. The molecule has 0 aliphatic rings. The van der Waals surface area contributed by atoms with Crippen LogP contribution in [0.1, 0.15) is 22.3 Å². The molecule has 27 heavy (non-hydrogen) atoms. The van der Waals surface area contributed by atoms with Gasteiger partial charge >= 0.3 is 0 Å². The van der Waals surface area contributed by atoms with Crippen molar-refractivity contribution < 1.29 is 9.59 Å². The quantitative estimate of drug-likeness (QED) is 0.700. The molecule has 0 aromatic heterocycles. The van der Waals surface area contributed by atoms with Crippen molar-refractivity contribution in [2.45, 2.75) is 12.5 Å². The molecular weight excluding hydrogens is 380 g/mol. The molecule has 0 aliphatic heterocycles. The number of hydrogen-bond donors (Lipinski definition) is 2. The zero-order chi connectivity index (χ0) is 19.5.